The highest BCUT2D eigenvalue weighted by atomic mass is 16.5. The van der Waals surface area contributed by atoms with E-state index in [9.17, 15) is 4.79 Å². The van der Waals surface area contributed by atoms with Crippen LogP contribution in [0.3, 0.4) is 0 Å². The maximum Gasteiger partial charge on any atom is 0.253 e. The van der Waals surface area contributed by atoms with Crippen molar-refractivity contribution in [1.29, 1.82) is 0 Å². The summed E-state index contributed by atoms with van der Waals surface area (Å²) in [6, 6.07) is 18.3. The number of piperidine rings is 2. The Kier molecular flexibility index (Phi) is 6.50. The molecule has 0 radical (unpaired) electrons. The fourth-order valence-electron chi connectivity index (χ4n) is 4.60. The first-order valence-electron chi connectivity index (χ1n) is 11.0. The molecule has 1 amide bonds. The summed E-state index contributed by atoms with van der Waals surface area (Å²) in [6.07, 6.45) is 4.88. The van der Waals surface area contributed by atoms with Crippen molar-refractivity contribution < 1.29 is 9.53 Å². The molecule has 0 bridgehead atoms. The van der Waals surface area contributed by atoms with Crippen LogP contribution in [0.15, 0.2) is 54.6 Å². The van der Waals surface area contributed by atoms with E-state index in [1.807, 2.05) is 59.5 Å². The van der Waals surface area contributed by atoms with Gasteiger partial charge in [0, 0.05) is 31.2 Å². The highest BCUT2D eigenvalue weighted by molar-refractivity contribution is 5.94. The Morgan fingerprint density at radius 2 is 1.69 bits per heavy atom. The minimum absolute atomic E-state index is 0.158. The maximum atomic E-state index is 12.9. The third-order valence-corrected chi connectivity index (χ3v) is 6.31. The number of hydrogen-bond acceptors (Lipinski definition) is 3. The molecule has 4 heteroatoms. The van der Waals surface area contributed by atoms with Crippen LogP contribution in [0.25, 0.3) is 0 Å². The van der Waals surface area contributed by atoms with Crippen LogP contribution >= 0.6 is 0 Å². The van der Waals surface area contributed by atoms with E-state index in [0.29, 0.717) is 12.6 Å². The normalized spacial score (nSPS) is 21.1. The Bertz CT molecular complexity index is 782. The second-order valence-corrected chi connectivity index (χ2v) is 8.56. The Hall–Kier alpha value is -2.33. The molecule has 2 heterocycles. The number of carbonyl (C=O) groups is 1. The number of carbonyl (C=O) groups excluding carboxylic acids is 1. The SMILES string of the molecule is CC1CCCN(C2CCN(C(=O)c3ccc(COc4ccccc4)cc3)CC2)C1. The molecule has 0 aliphatic carbocycles. The molecule has 2 fully saturated rings. The summed E-state index contributed by atoms with van der Waals surface area (Å²) in [7, 11) is 0. The van der Waals surface area contributed by atoms with Crippen LogP contribution in [0.4, 0.5) is 0 Å². The van der Waals surface area contributed by atoms with Gasteiger partial charge in [-0.3, -0.25) is 9.69 Å². The van der Waals surface area contributed by atoms with Crippen LogP contribution in [-0.2, 0) is 6.61 Å². The number of ether oxygens (including phenoxy) is 1. The second-order valence-electron chi connectivity index (χ2n) is 8.56. The van der Waals surface area contributed by atoms with Gasteiger partial charge in [-0.2, -0.15) is 0 Å². The smallest absolute Gasteiger partial charge is 0.253 e. The number of likely N-dealkylation sites (tertiary alicyclic amines) is 2. The van der Waals surface area contributed by atoms with Gasteiger partial charge in [0.25, 0.3) is 5.91 Å². The first kappa shape index (κ1) is 20.0. The van der Waals surface area contributed by atoms with Gasteiger partial charge in [0.2, 0.25) is 0 Å². The minimum atomic E-state index is 0.158. The lowest BCUT2D eigenvalue weighted by Gasteiger charge is -2.41. The van der Waals surface area contributed by atoms with Crippen LogP contribution in [0.1, 0.15) is 48.5 Å². The average Bonchev–Trinajstić information content (AvgIpc) is 2.78. The van der Waals surface area contributed by atoms with E-state index in [-0.39, 0.29) is 5.91 Å². The van der Waals surface area contributed by atoms with Gasteiger partial charge in [0.05, 0.1) is 0 Å². The third kappa shape index (κ3) is 5.18. The fraction of sp³-hybridized carbons (Fsp3) is 0.480. The Morgan fingerprint density at radius 3 is 2.38 bits per heavy atom. The molecule has 2 saturated heterocycles. The zero-order chi connectivity index (χ0) is 20.1. The molecule has 1 unspecified atom stereocenters. The zero-order valence-electron chi connectivity index (χ0n) is 17.4. The van der Waals surface area contributed by atoms with E-state index >= 15 is 0 Å². The summed E-state index contributed by atoms with van der Waals surface area (Å²) >= 11 is 0. The van der Waals surface area contributed by atoms with Crippen LogP contribution < -0.4 is 4.74 Å². The quantitative estimate of drug-likeness (QED) is 0.745. The molecular formula is C25H32N2O2. The van der Waals surface area contributed by atoms with Crippen molar-refractivity contribution in [2.24, 2.45) is 5.92 Å². The number of hydrogen-bond donors (Lipinski definition) is 0. The lowest BCUT2D eigenvalue weighted by Crippen LogP contribution is -2.49. The molecule has 0 aromatic heterocycles. The molecule has 2 aromatic carbocycles. The molecule has 2 aliphatic rings. The van der Waals surface area contributed by atoms with E-state index in [2.05, 4.69) is 11.8 Å². The lowest BCUT2D eigenvalue weighted by atomic mass is 9.95. The number of benzene rings is 2. The summed E-state index contributed by atoms with van der Waals surface area (Å²) in [5.74, 6) is 1.83. The van der Waals surface area contributed by atoms with E-state index in [1.165, 1.54) is 25.9 Å². The fourth-order valence-corrected chi connectivity index (χ4v) is 4.60. The second kappa shape index (κ2) is 9.45. The van der Waals surface area contributed by atoms with Crippen LogP contribution in [0.2, 0.25) is 0 Å². The van der Waals surface area contributed by atoms with E-state index in [4.69, 9.17) is 4.74 Å². The summed E-state index contributed by atoms with van der Waals surface area (Å²) in [5, 5.41) is 0. The average molecular weight is 393 g/mol. The molecule has 154 valence electrons. The van der Waals surface area contributed by atoms with Gasteiger partial charge in [-0.05, 0) is 68.0 Å². The zero-order valence-corrected chi connectivity index (χ0v) is 17.4. The van der Waals surface area contributed by atoms with Gasteiger partial charge >= 0.3 is 0 Å². The standard InChI is InChI=1S/C25H32N2O2/c1-20-6-5-15-27(18-20)23-13-16-26(17-14-23)25(28)22-11-9-21(10-12-22)19-29-24-7-3-2-4-8-24/h2-4,7-12,20,23H,5-6,13-19H2,1H3. The van der Waals surface area contributed by atoms with E-state index in [0.717, 1.165) is 48.7 Å². The van der Waals surface area contributed by atoms with Crippen molar-refractivity contribution in [3.63, 3.8) is 0 Å². The molecule has 4 nitrogen and oxygen atoms in total. The monoisotopic (exact) mass is 392 g/mol. The Morgan fingerprint density at radius 1 is 0.966 bits per heavy atom. The van der Waals surface area contributed by atoms with Crippen LogP contribution in [0.5, 0.6) is 5.75 Å². The molecular weight excluding hydrogens is 360 g/mol. The largest absolute Gasteiger partial charge is 0.489 e. The molecule has 1 atom stereocenters. The molecule has 2 aromatic rings. The van der Waals surface area contributed by atoms with Crippen molar-refractivity contribution in [3.8, 4) is 5.75 Å². The van der Waals surface area contributed by atoms with Gasteiger partial charge in [-0.25, -0.2) is 0 Å². The molecule has 0 N–H and O–H groups in total. The summed E-state index contributed by atoms with van der Waals surface area (Å²) < 4.78 is 5.79. The molecule has 29 heavy (non-hydrogen) atoms. The predicted molar refractivity (Wildman–Crippen MR) is 116 cm³/mol. The summed E-state index contributed by atoms with van der Waals surface area (Å²) in [6.45, 7) is 7.07. The molecule has 2 aliphatic heterocycles. The van der Waals surface area contributed by atoms with E-state index < -0.39 is 0 Å². The number of para-hydroxylation sites is 1. The highest BCUT2D eigenvalue weighted by Gasteiger charge is 2.29. The van der Waals surface area contributed by atoms with Crippen molar-refractivity contribution in [2.75, 3.05) is 26.2 Å². The van der Waals surface area contributed by atoms with Gasteiger partial charge in [0.1, 0.15) is 12.4 Å². The van der Waals surface area contributed by atoms with Crippen molar-refractivity contribution in [2.45, 2.75) is 45.3 Å². The number of rotatable bonds is 5. The van der Waals surface area contributed by atoms with Crippen LogP contribution in [0, 0.1) is 5.92 Å². The Labute approximate surface area is 174 Å². The maximum absolute atomic E-state index is 12.9. The number of amides is 1. The van der Waals surface area contributed by atoms with Crippen molar-refractivity contribution >= 4 is 5.91 Å². The van der Waals surface area contributed by atoms with Gasteiger partial charge in [0.15, 0.2) is 0 Å². The van der Waals surface area contributed by atoms with E-state index in [1.54, 1.807) is 0 Å². The molecule has 4 rings (SSSR count). The highest BCUT2D eigenvalue weighted by Crippen LogP contribution is 2.24. The third-order valence-electron chi connectivity index (χ3n) is 6.31. The van der Waals surface area contributed by atoms with Gasteiger partial charge in [-0.15, -0.1) is 0 Å². The first-order chi connectivity index (χ1) is 14.2. The van der Waals surface area contributed by atoms with Crippen molar-refractivity contribution in [3.05, 3.63) is 65.7 Å². The summed E-state index contributed by atoms with van der Waals surface area (Å²) in [4.78, 5) is 17.6. The first-order valence-corrected chi connectivity index (χ1v) is 11.0. The summed E-state index contributed by atoms with van der Waals surface area (Å²) in [5.41, 5.74) is 1.85. The lowest BCUT2D eigenvalue weighted by molar-refractivity contribution is 0.0542. The molecule has 0 saturated carbocycles. The number of nitrogens with zero attached hydrogens (tertiary/aromatic N) is 2. The van der Waals surface area contributed by atoms with Gasteiger partial charge in [-0.1, -0.05) is 37.3 Å². The van der Waals surface area contributed by atoms with Gasteiger partial charge < -0.3 is 9.64 Å². The Balaban J connectivity index is 1.27. The van der Waals surface area contributed by atoms with Crippen LogP contribution in [-0.4, -0.2) is 47.9 Å². The molecule has 0 spiro atoms. The predicted octanol–water partition coefficient (Wildman–Crippen LogP) is 4.60. The topological polar surface area (TPSA) is 32.8 Å². The van der Waals surface area contributed by atoms with Crippen molar-refractivity contribution in [1.82, 2.24) is 9.80 Å². The minimum Gasteiger partial charge on any atom is -0.489 e.